The molecule has 4 fully saturated rings. The lowest BCUT2D eigenvalue weighted by atomic mass is 10.00. The Morgan fingerprint density at radius 1 is 0.628 bits per heavy atom. The molecule has 0 amide bonds. The highest BCUT2D eigenvalue weighted by atomic mass is 16.6. The van der Waals surface area contributed by atoms with Crippen LogP contribution in [0.15, 0.2) is 17.7 Å². The van der Waals surface area contributed by atoms with E-state index < -0.39 is 0 Å². The van der Waals surface area contributed by atoms with Gasteiger partial charge in [-0.1, -0.05) is 32.9 Å². The summed E-state index contributed by atoms with van der Waals surface area (Å²) < 4.78 is 1.93. The molecular formula is C35H71N7O. The molecule has 3 atom stereocenters. The number of hydrogen-bond donors (Lipinski definition) is 0. The van der Waals surface area contributed by atoms with Gasteiger partial charge in [0.25, 0.3) is 0 Å². The molecule has 8 nitrogen and oxygen atoms in total. The van der Waals surface area contributed by atoms with Gasteiger partial charge in [-0.25, -0.2) is 4.98 Å². The van der Waals surface area contributed by atoms with Crippen LogP contribution in [0.3, 0.4) is 0 Å². The first kappa shape index (κ1) is 39.5. The molecule has 0 N–H and O–H groups in total. The van der Waals surface area contributed by atoms with E-state index in [1.54, 1.807) is 6.33 Å². The maximum atomic E-state index is 4.85. The minimum Gasteiger partial charge on any atom is -0.392 e. The van der Waals surface area contributed by atoms with Gasteiger partial charge in [0, 0.05) is 45.8 Å². The van der Waals surface area contributed by atoms with Crippen LogP contribution in [0.1, 0.15) is 85.8 Å². The number of imidazole rings is 1. The second-order valence-corrected chi connectivity index (χ2v) is 14.6. The average Bonchev–Trinajstić information content (AvgIpc) is 3.62. The number of rotatable bonds is 0. The van der Waals surface area contributed by atoms with Gasteiger partial charge in [0.2, 0.25) is 0 Å². The molecule has 1 aromatic rings. The van der Waals surface area contributed by atoms with Crippen molar-refractivity contribution >= 4 is 5.71 Å². The Bertz CT molecular complexity index is 796. The summed E-state index contributed by atoms with van der Waals surface area (Å²) in [5.41, 5.74) is 2.18. The third-order valence-electron chi connectivity index (χ3n) is 8.55. The Kier molecular flexibility index (Phi) is 20.3. The lowest BCUT2D eigenvalue weighted by molar-refractivity contribution is 0.0995. The van der Waals surface area contributed by atoms with Crippen LogP contribution < -0.4 is 0 Å². The van der Waals surface area contributed by atoms with Gasteiger partial charge in [-0.05, 0) is 131 Å². The van der Waals surface area contributed by atoms with E-state index in [9.17, 15) is 0 Å². The average molecular weight is 606 g/mol. The maximum Gasteiger partial charge on any atom is 0.130 e. The van der Waals surface area contributed by atoms with Crippen molar-refractivity contribution in [3.05, 3.63) is 18.2 Å². The molecule has 0 bridgehead atoms. The summed E-state index contributed by atoms with van der Waals surface area (Å²) in [6.07, 6.45) is 12.1. The quantitative estimate of drug-likeness (QED) is 0.355. The molecule has 5 aliphatic rings. The van der Waals surface area contributed by atoms with Crippen LogP contribution in [0.5, 0.6) is 0 Å². The molecule has 6 rings (SSSR count). The third-order valence-corrected chi connectivity index (χ3v) is 8.55. The topological polar surface area (TPSA) is 52.4 Å². The lowest BCUT2D eigenvalue weighted by Gasteiger charge is -2.33. The fraction of sp³-hybridized carbons (Fsp3) is 0.886. The van der Waals surface area contributed by atoms with Crippen molar-refractivity contribution in [2.75, 3.05) is 80.5 Å². The minimum atomic E-state index is 0.319. The van der Waals surface area contributed by atoms with Crippen molar-refractivity contribution in [1.82, 2.24) is 29.2 Å². The molecule has 3 unspecified atom stereocenters. The Labute approximate surface area is 267 Å². The molecule has 0 radical (unpaired) electrons. The van der Waals surface area contributed by atoms with Gasteiger partial charge in [0.1, 0.15) is 6.10 Å². The molecule has 43 heavy (non-hydrogen) atoms. The predicted molar refractivity (Wildman–Crippen MR) is 186 cm³/mol. The molecule has 1 aromatic heterocycles. The Morgan fingerprint density at radius 3 is 1.35 bits per heavy atom. The number of hydrogen-bond acceptors (Lipinski definition) is 7. The first-order valence-electron chi connectivity index (χ1n) is 17.1. The van der Waals surface area contributed by atoms with E-state index >= 15 is 0 Å². The van der Waals surface area contributed by atoms with Crippen LogP contribution in [0.25, 0.3) is 0 Å². The number of aryl methyl sites for hydroxylation is 2. The lowest BCUT2D eigenvalue weighted by Crippen LogP contribution is -2.41. The van der Waals surface area contributed by atoms with Crippen LogP contribution >= 0.6 is 0 Å². The minimum absolute atomic E-state index is 0.319. The molecule has 8 heteroatoms. The predicted octanol–water partition coefficient (Wildman–Crippen LogP) is 6.12. The molecule has 0 saturated carbocycles. The van der Waals surface area contributed by atoms with E-state index in [0.29, 0.717) is 6.10 Å². The first-order chi connectivity index (χ1) is 20.2. The van der Waals surface area contributed by atoms with Crippen molar-refractivity contribution in [2.45, 2.75) is 93.1 Å². The van der Waals surface area contributed by atoms with E-state index in [4.69, 9.17) is 4.84 Å². The standard InChI is InChI=1S/2C7H15N.C6H13N.C5H8N2.C5H9NO.C5H11N/c1-7-3-5-8(2)6-4-7;1-7-4-3-5-8(2)6-7;1-6-3-4-7(2)5-6;1-5-3-7(2)4-6-5;1-4-3-5(2)7-6-4;1-5-3-6(2)4-5/h2*7H,3-6H2,1-2H3;6H,3-5H2,1-2H3;3-4H,1-2H3;5H,3H2,1-2H3;5H,3-4H2,1-2H3. The maximum absolute atomic E-state index is 4.85. The Balaban J connectivity index is 0.000000259. The molecule has 0 aliphatic carbocycles. The summed E-state index contributed by atoms with van der Waals surface area (Å²) in [4.78, 5) is 18.3. The summed E-state index contributed by atoms with van der Waals surface area (Å²) in [6, 6.07) is 0. The van der Waals surface area contributed by atoms with E-state index in [-0.39, 0.29) is 0 Å². The van der Waals surface area contributed by atoms with Crippen LogP contribution in [-0.2, 0) is 11.9 Å². The third kappa shape index (κ3) is 21.0. The number of nitrogens with zero attached hydrogens (tertiary/aromatic N) is 7. The zero-order valence-electron chi connectivity index (χ0n) is 30.5. The van der Waals surface area contributed by atoms with Crippen molar-refractivity contribution in [3.8, 4) is 0 Å². The van der Waals surface area contributed by atoms with Crippen LogP contribution in [0, 0.1) is 30.6 Å². The van der Waals surface area contributed by atoms with Gasteiger partial charge in [0.05, 0.1) is 17.7 Å². The van der Waals surface area contributed by atoms with Gasteiger partial charge in [-0.15, -0.1) is 0 Å². The second kappa shape index (κ2) is 22.1. The van der Waals surface area contributed by atoms with Gasteiger partial charge in [-0.2, -0.15) is 0 Å². The van der Waals surface area contributed by atoms with Crippen molar-refractivity contribution in [3.63, 3.8) is 0 Å². The summed E-state index contributed by atoms with van der Waals surface area (Å²) in [6.45, 7) is 25.7. The van der Waals surface area contributed by atoms with Crippen molar-refractivity contribution in [1.29, 1.82) is 0 Å². The van der Waals surface area contributed by atoms with Gasteiger partial charge >= 0.3 is 0 Å². The van der Waals surface area contributed by atoms with E-state index in [2.05, 4.69) is 85.6 Å². The van der Waals surface area contributed by atoms with Crippen molar-refractivity contribution < 1.29 is 4.84 Å². The SMILES string of the molecule is CC1=NOC(C)C1.CC1CCCN(C)C1.CC1CCN(C)C1.CC1CCN(C)CC1.CC1CN(C)C1.Cc1cn(C)cn1. The molecule has 0 aromatic carbocycles. The van der Waals surface area contributed by atoms with Crippen LogP contribution in [0.4, 0.5) is 0 Å². The molecular weight excluding hydrogens is 534 g/mol. The van der Waals surface area contributed by atoms with E-state index in [1.807, 2.05) is 38.6 Å². The van der Waals surface area contributed by atoms with Gasteiger partial charge in [0.15, 0.2) is 0 Å². The van der Waals surface area contributed by atoms with E-state index in [1.165, 1.54) is 84.5 Å². The van der Waals surface area contributed by atoms with Gasteiger partial charge in [-0.3, -0.25) is 0 Å². The first-order valence-corrected chi connectivity index (χ1v) is 17.1. The summed E-state index contributed by atoms with van der Waals surface area (Å²) in [7, 11) is 10.7. The Hall–Kier alpha value is -1.48. The summed E-state index contributed by atoms with van der Waals surface area (Å²) in [5, 5.41) is 3.73. The normalized spacial score (nSPS) is 26.7. The fourth-order valence-electron chi connectivity index (χ4n) is 5.94. The van der Waals surface area contributed by atoms with Gasteiger partial charge < -0.3 is 29.0 Å². The monoisotopic (exact) mass is 606 g/mol. The molecule has 6 heterocycles. The Morgan fingerprint density at radius 2 is 1.14 bits per heavy atom. The number of aromatic nitrogens is 2. The number of likely N-dealkylation sites (tertiary alicyclic amines) is 4. The second-order valence-electron chi connectivity index (χ2n) is 14.6. The largest absolute Gasteiger partial charge is 0.392 e. The highest BCUT2D eigenvalue weighted by molar-refractivity contribution is 5.82. The smallest absolute Gasteiger partial charge is 0.130 e. The number of piperidine rings is 2. The highest BCUT2D eigenvalue weighted by Gasteiger charge is 2.17. The zero-order chi connectivity index (χ0) is 32.4. The van der Waals surface area contributed by atoms with Crippen LogP contribution in [-0.4, -0.2) is 122 Å². The summed E-state index contributed by atoms with van der Waals surface area (Å²) in [5.74, 6) is 3.83. The molecule has 0 spiro atoms. The highest BCUT2D eigenvalue weighted by Crippen LogP contribution is 2.14. The molecule has 252 valence electrons. The van der Waals surface area contributed by atoms with E-state index in [0.717, 1.165) is 41.5 Å². The number of oxime groups is 1. The fourth-order valence-corrected chi connectivity index (χ4v) is 5.94. The molecule has 5 aliphatic heterocycles. The molecule has 4 saturated heterocycles. The summed E-state index contributed by atoms with van der Waals surface area (Å²) >= 11 is 0. The zero-order valence-corrected chi connectivity index (χ0v) is 30.5. The van der Waals surface area contributed by atoms with Crippen molar-refractivity contribution in [2.24, 2.45) is 35.9 Å². The van der Waals surface area contributed by atoms with Crippen LogP contribution in [0.2, 0.25) is 0 Å².